The Balaban J connectivity index is 2.71. The van der Waals surface area contributed by atoms with Crippen LogP contribution < -0.4 is 15.2 Å². The lowest BCUT2D eigenvalue weighted by molar-refractivity contribution is -0.148. The number of halogens is 4. The van der Waals surface area contributed by atoms with Gasteiger partial charge in [-0.15, -0.1) is 0 Å². The van der Waals surface area contributed by atoms with E-state index in [9.17, 15) is 17.6 Å². The Morgan fingerprint density at radius 2 is 2.00 bits per heavy atom. The maximum absolute atomic E-state index is 12.6. The number of alkyl halides is 4. The summed E-state index contributed by atoms with van der Waals surface area (Å²) >= 11 is 0. The van der Waals surface area contributed by atoms with E-state index in [4.69, 9.17) is 10.5 Å². The smallest absolute Gasteiger partial charge is 0.340 e. The van der Waals surface area contributed by atoms with E-state index in [1.807, 2.05) is 0 Å². The molecular weight excluding hydrogens is 256 g/mol. The molecule has 0 aliphatic heterocycles. The fourth-order valence-corrected chi connectivity index (χ4v) is 1.00. The maximum Gasteiger partial charge on any atom is 0.340 e. The zero-order valence-electron chi connectivity index (χ0n) is 9.50. The van der Waals surface area contributed by atoms with E-state index in [1.54, 1.807) is 6.92 Å². The third-order valence-corrected chi connectivity index (χ3v) is 1.88. The van der Waals surface area contributed by atoms with Crippen LogP contribution in [-0.2, 0) is 0 Å². The molecule has 0 unspecified atom stereocenters. The summed E-state index contributed by atoms with van der Waals surface area (Å²) in [6.45, 7) is 0.487. The molecule has 4 nitrogen and oxygen atoms in total. The van der Waals surface area contributed by atoms with Crippen molar-refractivity contribution in [3.63, 3.8) is 0 Å². The molecule has 0 aliphatic rings. The minimum absolute atomic E-state index is 0.00960. The highest BCUT2D eigenvalue weighted by atomic mass is 19.3. The number of nitrogens with zero attached hydrogens (tertiary/aromatic N) is 1. The number of nitrogens with two attached hydrogens (primary N) is 1. The standard InChI is InChI=1S/C10H12F4N2O2/c1-2-17-8-6(15)3-4-7(16-8)18-5-10(13,14)9(11)12/h3-4,9H,2,5,15H2,1H3. The molecule has 102 valence electrons. The van der Waals surface area contributed by atoms with Crippen molar-refractivity contribution >= 4 is 5.69 Å². The van der Waals surface area contributed by atoms with E-state index in [-0.39, 0.29) is 24.1 Å². The first-order chi connectivity index (χ1) is 8.36. The third-order valence-electron chi connectivity index (χ3n) is 1.88. The summed E-state index contributed by atoms with van der Waals surface area (Å²) in [6, 6.07) is 2.52. The Kier molecular flexibility index (Phi) is 4.57. The van der Waals surface area contributed by atoms with Crippen molar-refractivity contribution in [2.45, 2.75) is 19.3 Å². The average molecular weight is 268 g/mol. The molecule has 1 aromatic heterocycles. The van der Waals surface area contributed by atoms with E-state index in [1.165, 1.54) is 12.1 Å². The average Bonchev–Trinajstić information content (AvgIpc) is 2.30. The largest absolute Gasteiger partial charge is 0.476 e. The van der Waals surface area contributed by atoms with Crippen LogP contribution in [0.5, 0.6) is 11.8 Å². The predicted octanol–water partition coefficient (Wildman–Crippen LogP) is 2.34. The van der Waals surface area contributed by atoms with Crippen LogP contribution in [0, 0.1) is 0 Å². The molecule has 0 fully saturated rings. The van der Waals surface area contributed by atoms with Crippen LogP contribution in [0.1, 0.15) is 6.92 Å². The summed E-state index contributed by atoms with van der Waals surface area (Å²) in [4.78, 5) is 3.68. The SMILES string of the molecule is CCOc1nc(OCC(F)(F)C(F)F)ccc1N. The van der Waals surface area contributed by atoms with E-state index in [2.05, 4.69) is 9.72 Å². The minimum atomic E-state index is -4.23. The lowest BCUT2D eigenvalue weighted by atomic mass is 10.4. The molecule has 0 saturated carbocycles. The van der Waals surface area contributed by atoms with Gasteiger partial charge in [0.1, 0.15) is 0 Å². The highest BCUT2D eigenvalue weighted by molar-refractivity contribution is 5.49. The maximum atomic E-state index is 12.6. The predicted molar refractivity (Wildman–Crippen MR) is 56.3 cm³/mol. The topological polar surface area (TPSA) is 57.4 Å². The normalized spacial score (nSPS) is 11.7. The van der Waals surface area contributed by atoms with Gasteiger partial charge in [-0.3, -0.25) is 0 Å². The van der Waals surface area contributed by atoms with Crippen LogP contribution in [0.4, 0.5) is 23.2 Å². The molecule has 1 rings (SSSR count). The van der Waals surface area contributed by atoms with E-state index in [0.717, 1.165) is 0 Å². The number of pyridine rings is 1. The van der Waals surface area contributed by atoms with Gasteiger partial charge in [-0.1, -0.05) is 0 Å². The monoisotopic (exact) mass is 268 g/mol. The van der Waals surface area contributed by atoms with Crippen molar-refractivity contribution < 1.29 is 27.0 Å². The van der Waals surface area contributed by atoms with Crippen molar-refractivity contribution in [1.82, 2.24) is 4.98 Å². The van der Waals surface area contributed by atoms with Crippen molar-refractivity contribution in [3.8, 4) is 11.8 Å². The van der Waals surface area contributed by atoms with Crippen LogP contribution in [-0.4, -0.2) is 30.5 Å². The molecule has 1 aromatic rings. The van der Waals surface area contributed by atoms with Crippen LogP contribution in [0.3, 0.4) is 0 Å². The first-order valence-electron chi connectivity index (χ1n) is 5.05. The van der Waals surface area contributed by atoms with Crippen molar-refractivity contribution in [2.24, 2.45) is 0 Å². The Morgan fingerprint density at radius 1 is 1.33 bits per heavy atom. The van der Waals surface area contributed by atoms with Gasteiger partial charge < -0.3 is 15.2 Å². The third kappa shape index (κ3) is 3.64. The fraction of sp³-hybridized carbons (Fsp3) is 0.500. The minimum Gasteiger partial charge on any atom is -0.476 e. The molecule has 0 atom stereocenters. The van der Waals surface area contributed by atoms with Gasteiger partial charge in [-0.25, -0.2) is 8.78 Å². The second-order valence-electron chi connectivity index (χ2n) is 3.33. The molecule has 0 aromatic carbocycles. The first kappa shape index (κ1) is 14.3. The van der Waals surface area contributed by atoms with Gasteiger partial charge in [-0.2, -0.15) is 13.8 Å². The van der Waals surface area contributed by atoms with Gasteiger partial charge in [0, 0.05) is 6.07 Å². The van der Waals surface area contributed by atoms with Crippen LogP contribution in [0.15, 0.2) is 12.1 Å². The number of ether oxygens (including phenoxy) is 2. The molecule has 0 saturated heterocycles. The molecule has 8 heteroatoms. The number of nitrogen functional groups attached to an aromatic ring is 1. The molecule has 0 bridgehead atoms. The zero-order chi connectivity index (χ0) is 13.8. The molecule has 0 amide bonds. The summed E-state index contributed by atoms with van der Waals surface area (Å²) in [7, 11) is 0. The van der Waals surface area contributed by atoms with E-state index >= 15 is 0 Å². The summed E-state index contributed by atoms with van der Waals surface area (Å²) in [5.74, 6) is -4.47. The highest BCUT2D eigenvalue weighted by Gasteiger charge is 2.41. The van der Waals surface area contributed by atoms with Gasteiger partial charge >= 0.3 is 12.3 Å². The van der Waals surface area contributed by atoms with Crippen molar-refractivity contribution in [2.75, 3.05) is 18.9 Å². The Morgan fingerprint density at radius 3 is 2.56 bits per heavy atom. The molecule has 2 N–H and O–H groups in total. The van der Waals surface area contributed by atoms with E-state index < -0.39 is 19.0 Å². The van der Waals surface area contributed by atoms with Crippen molar-refractivity contribution in [1.29, 1.82) is 0 Å². The van der Waals surface area contributed by atoms with E-state index in [0.29, 0.717) is 0 Å². The molecule has 18 heavy (non-hydrogen) atoms. The van der Waals surface area contributed by atoms with Gasteiger partial charge in [0.25, 0.3) is 0 Å². The number of aromatic nitrogens is 1. The number of hydrogen-bond donors (Lipinski definition) is 1. The van der Waals surface area contributed by atoms with Gasteiger partial charge in [-0.05, 0) is 13.0 Å². The Hall–Kier alpha value is -1.73. The first-order valence-corrected chi connectivity index (χ1v) is 5.05. The Labute approximate surface area is 101 Å². The zero-order valence-corrected chi connectivity index (χ0v) is 9.50. The Bertz CT molecular complexity index is 401. The highest BCUT2D eigenvalue weighted by Crippen LogP contribution is 2.26. The van der Waals surface area contributed by atoms with Crippen molar-refractivity contribution in [3.05, 3.63) is 12.1 Å². The number of rotatable bonds is 6. The lowest BCUT2D eigenvalue weighted by Crippen LogP contribution is -2.33. The van der Waals surface area contributed by atoms with Crippen LogP contribution in [0.2, 0.25) is 0 Å². The van der Waals surface area contributed by atoms with Crippen LogP contribution in [0.25, 0.3) is 0 Å². The molecule has 0 aliphatic carbocycles. The second-order valence-corrected chi connectivity index (χ2v) is 3.33. The summed E-state index contributed by atoms with van der Waals surface area (Å²) in [5, 5.41) is 0. The fourth-order valence-electron chi connectivity index (χ4n) is 1.00. The molecule has 0 spiro atoms. The van der Waals surface area contributed by atoms with Gasteiger partial charge in [0.2, 0.25) is 11.8 Å². The molecule has 1 heterocycles. The molecule has 0 radical (unpaired) electrons. The van der Waals surface area contributed by atoms with Gasteiger partial charge in [0.15, 0.2) is 6.61 Å². The second kappa shape index (κ2) is 5.74. The summed E-state index contributed by atoms with van der Waals surface area (Å²) in [6.07, 6.45) is -3.79. The number of hydrogen-bond acceptors (Lipinski definition) is 4. The van der Waals surface area contributed by atoms with Gasteiger partial charge in [0.05, 0.1) is 12.3 Å². The summed E-state index contributed by atoms with van der Waals surface area (Å²) in [5.41, 5.74) is 5.69. The molecular formula is C10H12F4N2O2. The summed E-state index contributed by atoms with van der Waals surface area (Å²) < 4.78 is 58.5. The number of anilines is 1. The lowest BCUT2D eigenvalue weighted by Gasteiger charge is -2.16. The quantitative estimate of drug-likeness (QED) is 0.804. The van der Waals surface area contributed by atoms with Crippen LogP contribution >= 0.6 is 0 Å².